The Morgan fingerprint density at radius 3 is 2.76 bits per heavy atom. The summed E-state index contributed by atoms with van der Waals surface area (Å²) in [5, 5.41) is 0.174. The molecular weight excluding hydrogens is 427 g/mol. The van der Waals surface area contributed by atoms with E-state index in [0.29, 0.717) is 42.1 Å². The Morgan fingerprint density at radius 1 is 1.21 bits per heavy atom. The zero-order valence-corrected chi connectivity index (χ0v) is 16.5. The van der Waals surface area contributed by atoms with Crippen molar-refractivity contribution >= 4 is 23.8 Å². The number of aromatic amines is 2. The predicted molar refractivity (Wildman–Crippen MR) is 104 cm³/mol. The maximum Gasteiger partial charge on any atom is 0.416 e. The molecule has 2 N–H and O–H groups in total. The van der Waals surface area contributed by atoms with Crippen molar-refractivity contribution in [3.8, 4) is 11.3 Å². The van der Waals surface area contributed by atoms with E-state index in [1.54, 1.807) is 12.1 Å². The quantitative estimate of drug-likeness (QED) is 0.566. The molecule has 10 heteroatoms. The molecule has 2 aromatic heterocycles. The van der Waals surface area contributed by atoms with Gasteiger partial charge >= 0.3 is 6.18 Å². The van der Waals surface area contributed by atoms with Crippen LogP contribution in [0.1, 0.15) is 22.6 Å². The van der Waals surface area contributed by atoms with E-state index in [1.807, 2.05) is 4.90 Å². The van der Waals surface area contributed by atoms with Gasteiger partial charge in [-0.05, 0) is 42.5 Å². The van der Waals surface area contributed by atoms with Gasteiger partial charge in [-0.25, -0.2) is 0 Å². The van der Waals surface area contributed by atoms with Crippen molar-refractivity contribution in [3.63, 3.8) is 0 Å². The molecule has 5 nitrogen and oxygen atoms in total. The third-order valence-corrected chi connectivity index (χ3v) is 5.32. The number of H-pyrrole nitrogens is 2. The van der Waals surface area contributed by atoms with Gasteiger partial charge in [0.2, 0.25) is 0 Å². The minimum absolute atomic E-state index is 0.174. The van der Waals surface area contributed by atoms with E-state index < -0.39 is 11.7 Å². The highest BCUT2D eigenvalue weighted by atomic mass is 35.5. The Morgan fingerprint density at radius 2 is 2.00 bits per heavy atom. The van der Waals surface area contributed by atoms with Crippen LogP contribution < -0.4 is 5.56 Å². The van der Waals surface area contributed by atoms with Gasteiger partial charge in [-0.15, -0.1) is 0 Å². The van der Waals surface area contributed by atoms with Gasteiger partial charge in [-0.2, -0.15) is 13.2 Å². The number of benzene rings is 1. The molecule has 0 saturated carbocycles. The molecule has 152 valence electrons. The molecule has 0 spiro atoms. The minimum atomic E-state index is -4.47. The lowest BCUT2D eigenvalue weighted by Gasteiger charge is -2.26. The van der Waals surface area contributed by atoms with Gasteiger partial charge in [0.1, 0.15) is 11.5 Å². The van der Waals surface area contributed by atoms with Gasteiger partial charge in [0.05, 0.1) is 22.7 Å². The second kappa shape index (κ2) is 7.47. The fourth-order valence-corrected chi connectivity index (χ4v) is 3.79. The molecule has 1 aromatic carbocycles. The number of fused-ring (bicyclic) bond motifs is 1. The molecule has 0 bridgehead atoms. The molecular formula is C19H15ClF3N3O2S. The van der Waals surface area contributed by atoms with Crippen LogP contribution in [-0.2, 0) is 25.7 Å². The molecule has 1 aliphatic heterocycles. The van der Waals surface area contributed by atoms with E-state index in [-0.39, 0.29) is 21.9 Å². The summed E-state index contributed by atoms with van der Waals surface area (Å²) in [6, 6.07) is 6.41. The summed E-state index contributed by atoms with van der Waals surface area (Å²) < 4.78 is 45.0. The van der Waals surface area contributed by atoms with Crippen molar-refractivity contribution in [1.29, 1.82) is 0 Å². The molecule has 3 heterocycles. The van der Waals surface area contributed by atoms with Crippen molar-refractivity contribution in [3.05, 3.63) is 73.1 Å². The third kappa shape index (κ3) is 4.17. The number of nitrogens with zero attached hydrogens (tertiary/aromatic N) is 1. The van der Waals surface area contributed by atoms with E-state index in [4.69, 9.17) is 28.2 Å². The lowest BCUT2D eigenvalue weighted by atomic mass is 10.1. The second-order valence-corrected chi connectivity index (χ2v) is 7.60. The van der Waals surface area contributed by atoms with Gasteiger partial charge in [0, 0.05) is 30.8 Å². The zero-order valence-electron chi connectivity index (χ0n) is 14.9. The van der Waals surface area contributed by atoms with E-state index in [2.05, 4.69) is 9.97 Å². The highest BCUT2D eigenvalue weighted by Gasteiger charge is 2.31. The maximum absolute atomic E-state index is 13.0. The molecule has 0 amide bonds. The van der Waals surface area contributed by atoms with Crippen LogP contribution in [0.25, 0.3) is 11.3 Å². The smallest absolute Gasteiger partial charge is 0.416 e. The molecule has 0 saturated heterocycles. The molecule has 0 fully saturated rings. The van der Waals surface area contributed by atoms with Crippen LogP contribution in [0.15, 0.2) is 39.5 Å². The number of rotatable bonds is 3. The van der Waals surface area contributed by atoms with Gasteiger partial charge in [0.15, 0.2) is 4.77 Å². The summed E-state index contributed by atoms with van der Waals surface area (Å²) >= 11 is 11.1. The lowest BCUT2D eigenvalue weighted by Crippen LogP contribution is -2.35. The first kappa shape index (κ1) is 19.9. The predicted octanol–water partition coefficient (Wildman–Crippen LogP) is 4.92. The lowest BCUT2D eigenvalue weighted by molar-refractivity contribution is -0.137. The average molecular weight is 442 g/mol. The topological polar surface area (TPSA) is 65.0 Å². The number of alkyl halides is 3. The number of furan rings is 1. The number of hydrogen-bond donors (Lipinski definition) is 2. The average Bonchev–Trinajstić information content (AvgIpc) is 3.10. The summed E-state index contributed by atoms with van der Waals surface area (Å²) in [4.78, 5) is 19.7. The summed E-state index contributed by atoms with van der Waals surface area (Å²) in [6.07, 6.45) is -3.83. The maximum atomic E-state index is 13.0. The van der Waals surface area contributed by atoms with E-state index >= 15 is 0 Å². The number of halogens is 4. The van der Waals surface area contributed by atoms with Crippen molar-refractivity contribution < 1.29 is 17.6 Å². The van der Waals surface area contributed by atoms with E-state index in [9.17, 15) is 18.0 Å². The molecule has 0 unspecified atom stereocenters. The van der Waals surface area contributed by atoms with Crippen molar-refractivity contribution in [2.45, 2.75) is 25.7 Å². The van der Waals surface area contributed by atoms with Crippen molar-refractivity contribution in [2.24, 2.45) is 0 Å². The van der Waals surface area contributed by atoms with Crippen LogP contribution >= 0.6 is 23.8 Å². The molecule has 3 aromatic rings. The van der Waals surface area contributed by atoms with Gasteiger partial charge < -0.3 is 9.40 Å². The highest BCUT2D eigenvalue weighted by Crippen LogP contribution is 2.36. The minimum Gasteiger partial charge on any atom is -0.460 e. The molecule has 4 rings (SSSR count). The number of nitrogens with one attached hydrogen (secondary N) is 2. The van der Waals surface area contributed by atoms with Crippen LogP contribution in [-0.4, -0.2) is 21.4 Å². The Hall–Kier alpha value is -2.36. The van der Waals surface area contributed by atoms with Crippen molar-refractivity contribution in [1.82, 2.24) is 14.9 Å². The molecule has 0 atom stereocenters. The van der Waals surface area contributed by atoms with Gasteiger partial charge in [-0.3, -0.25) is 14.7 Å². The van der Waals surface area contributed by atoms with Crippen LogP contribution in [0.4, 0.5) is 13.2 Å². The summed E-state index contributed by atoms with van der Waals surface area (Å²) in [7, 11) is 0. The molecule has 1 aliphatic rings. The van der Waals surface area contributed by atoms with Crippen LogP contribution in [0.5, 0.6) is 0 Å². The molecule has 0 radical (unpaired) electrons. The van der Waals surface area contributed by atoms with Gasteiger partial charge in [0.25, 0.3) is 5.56 Å². The summed E-state index contributed by atoms with van der Waals surface area (Å²) in [5.74, 6) is 0.827. The van der Waals surface area contributed by atoms with E-state index in [0.717, 1.165) is 17.8 Å². The van der Waals surface area contributed by atoms with Crippen LogP contribution in [0.3, 0.4) is 0 Å². The Labute approximate surface area is 173 Å². The largest absolute Gasteiger partial charge is 0.460 e. The Bertz CT molecular complexity index is 1180. The first-order chi connectivity index (χ1) is 13.7. The molecule has 0 aliphatic carbocycles. The van der Waals surface area contributed by atoms with Crippen molar-refractivity contribution in [2.75, 3.05) is 6.54 Å². The van der Waals surface area contributed by atoms with Crippen LogP contribution in [0.2, 0.25) is 5.02 Å². The Balaban J connectivity index is 1.55. The Kier molecular flexibility index (Phi) is 5.14. The normalized spacial score (nSPS) is 14.8. The fourth-order valence-electron chi connectivity index (χ4n) is 3.37. The molecule has 29 heavy (non-hydrogen) atoms. The standard InChI is InChI=1S/C19H15ClF3N3O2S/c20-14-3-1-10(19(21,22)23)7-12(14)16-4-2-11(28-16)8-26-6-5-15-13(9-26)17(27)25-18(29)24-15/h1-4,7H,5-6,8-9H2,(H2,24,25,27,29). The summed E-state index contributed by atoms with van der Waals surface area (Å²) in [6.45, 7) is 1.50. The zero-order chi connectivity index (χ0) is 20.8. The number of hydrogen-bond acceptors (Lipinski definition) is 4. The number of aromatic nitrogens is 2. The highest BCUT2D eigenvalue weighted by molar-refractivity contribution is 7.71. The third-order valence-electron chi connectivity index (χ3n) is 4.79. The SMILES string of the molecule is O=c1[nH]c(=S)[nH]c2c1CN(Cc1ccc(-c3cc(C(F)(F)F)ccc3Cl)o1)CC2. The monoisotopic (exact) mass is 441 g/mol. The first-order valence-corrected chi connectivity index (χ1v) is 9.52. The van der Waals surface area contributed by atoms with E-state index in [1.165, 1.54) is 6.07 Å². The summed E-state index contributed by atoms with van der Waals surface area (Å²) in [5.41, 5.74) is 0.618. The van der Waals surface area contributed by atoms with Crippen LogP contribution in [0, 0.1) is 4.77 Å². The fraction of sp³-hybridized carbons (Fsp3) is 0.263. The first-order valence-electron chi connectivity index (χ1n) is 8.73. The van der Waals surface area contributed by atoms with Gasteiger partial charge in [-0.1, -0.05) is 11.6 Å². The second-order valence-electron chi connectivity index (χ2n) is 6.78.